The van der Waals surface area contributed by atoms with Crippen LogP contribution < -0.4 is 0 Å². The summed E-state index contributed by atoms with van der Waals surface area (Å²) in [4.78, 5) is 0. The van der Waals surface area contributed by atoms with Gasteiger partial charge in [-0.15, -0.1) is 0 Å². The van der Waals surface area contributed by atoms with Crippen molar-refractivity contribution in [3.8, 4) is 0 Å². The third kappa shape index (κ3) is 4.39. The van der Waals surface area contributed by atoms with Crippen LogP contribution in [0.5, 0.6) is 0 Å². The molecule has 78 valence electrons. The molecule has 0 radical (unpaired) electrons. The molecule has 0 N–H and O–H groups in total. The van der Waals surface area contributed by atoms with Crippen LogP contribution in [0.15, 0.2) is 32.8 Å². The van der Waals surface area contributed by atoms with E-state index in [9.17, 15) is 0 Å². The molecule has 0 bridgehead atoms. The fourth-order valence-electron chi connectivity index (χ4n) is 0.997. The molecule has 0 heterocycles. The Morgan fingerprint density at radius 2 is 2.00 bits per heavy atom. The van der Waals surface area contributed by atoms with Crippen LogP contribution in [0.3, 0.4) is 0 Å². The van der Waals surface area contributed by atoms with E-state index in [2.05, 4.69) is 50.7 Å². The van der Waals surface area contributed by atoms with Gasteiger partial charge in [0.05, 0.1) is 6.61 Å². The molecule has 0 aliphatic carbocycles. The minimum atomic E-state index is 0. The van der Waals surface area contributed by atoms with Crippen LogP contribution in [0.1, 0.15) is 5.56 Å². The number of methoxy groups -OCH3 is 1. The summed E-state index contributed by atoms with van der Waals surface area (Å²) in [6.07, 6.45) is 0. The minimum Gasteiger partial charge on any atom is -0.380 e. The van der Waals surface area contributed by atoms with E-state index in [1.54, 1.807) is 7.11 Å². The highest BCUT2D eigenvalue weighted by Gasteiger charge is 1.99. The van der Waals surface area contributed by atoms with Crippen LogP contribution in [0.2, 0.25) is 0 Å². The largest absolute Gasteiger partial charge is 0.380 e. The van der Waals surface area contributed by atoms with Gasteiger partial charge in [0.25, 0.3) is 0 Å². The molecule has 0 saturated carbocycles. The van der Waals surface area contributed by atoms with Gasteiger partial charge >= 0.3 is 0 Å². The molecule has 0 spiro atoms. The summed E-state index contributed by atoms with van der Waals surface area (Å²) in [7, 11) is 1.71. The van der Waals surface area contributed by atoms with E-state index in [1.807, 2.05) is 16.2 Å². The summed E-state index contributed by atoms with van der Waals surface area (Å²) in [5.41, 5.74) is 2.41. The summed E-state index contributed by atoms with van der Waals surface area (Å²) >= 11 is 5.63. The molecule has 0 aliphatic heterocycles. The van der Waals surface area contributed by atoms with E-state index in [-0.39, 0.29) is 9.90 Å². The van der Waals surface area contributed by atoms with Crippen molar-refractivity contribution in [3.05, 3.63) is 38.4 Å². The second-order valence-corrected chi connectivity index (χ2v) is 4.11. The second kappa shape index (κ2) is 7.80. The summed E-state index contributed by atoms with van der Waals surface area (Å²) in [5, 5.41) is 0. The van der Waals surface area contributed by atoms with Crippen LogP contribution in [0.4, 0.5) is 0 Å². The molecule has 0 saturated heterocycles. The van der Waals surface area contributed by atoms with Gasteiger partial charge in [0.1, 0.15) is 0 Å². The van der Waals surface area contributed by atoms with Gasteiger partial charge in [-0.05, 0) is 27.4 Å². The van der Waals surface area contributed by atoms with Gasteiger partial charge in [0.15, 0.2) is 0 Å². The molecule has 0 aliphatic rings. The van der Waals surface area contributed by atoms with Gasteiger partial charge in [-0.1, -0.05) is 50.7 Å². The Morgan fingerprint density at radius 3 is 2.43 bits per heavy atom. The normalized spacial score (nSPS) is 10.9. The first-order chi connectivity index (χ1) is 6.27. The van der Waals surface area contributed by atoms with E-state index >= 15 is 0 Å². The Labute approximate surface area is 110 Å². The van der Waals surface area contributed by atoms with Gasteiger partial charge in [-0.3, -0.25) is 0 Å². The van der Waals surface area contributed by atoms with E-state index in [1.165, 1.54) is 11.1 Å². The van der Waals surface area contributed by atoms with Crippen LogP contribution in [-0.2, 0) is 4.74 Å². The molecule has 4 heteroatoms. The molecule has 1 aromatic carbocycles. The lowest BCUT2D eigenvalue weighted by Gasteiger charge is -2.04. The summed E-state index contributed by atoms with van der Waals surface area (Å²) in [6, 6.07) is 8.22. The molecule has 1 nitrogen and oxygen atoms in total. The number of ether oxygens (including phenoxy) is 1. The first-order valence-corrected chi connectivity index (χ1v) is 5.86. The third-order valence-corrected chi connectivity index (χ3v) is 2.93. The Balaban J connectivity index is 0.00000169. The molecule has 0 amide bonds. The van der Waals surface area contributed by atoms with Crippen molar-refractivity contribution >= 4 is 54.0 Å². The van der Waals surface area contributed by atoms with Gasteiger partial charge < -0.3 is 4.74 Å². The topological polar surface area (TPSA) is 9.23 Å². The molecule has 14 heavy (non-hydrogen) atoms. The summed E-state index contributed by atoms with van der Waals surface area (Å²) in [6.45, 7) is 0.657. The maximum Gasteiger partial charge on any atom is 0.0723 e. The van der Waals surface area contributed by atoms with Crippen molar-refractivity contribution in [1.82, 2.24) is 0 Å². The van der Waals surface area contributed by atoms with Crippen LogP contribution >= 0.6 is 48.4 Å². The predicted octanol–water partition coefficient (Wildman–Crippen LogP) is 3.93. The Hall–Kier alpha value is 0.560. The molecule has 0 fully saturated rings. The van der Waals surface area contributed by atoms with Gasteiger partial charge in [0.2, 0.25) is 0 Å². The van der Waals surface area contributed by atoms with E-state index in [4.69, 9.17) is 4.74 Å². The molecule has 1 atom stereocenters. The van der Waals surface area contributed by atoms with E-state index in [0.29, 0.717) is 6.61 Å². The van der Waals surface area contributed by atoms with Crippen LogP contribution in [-0.4, -0.2) is 13.7 Å². The van der Waals surface area contributed by atoms with Gasteiger partial charge in [0, 0.05) is 11.6 Å². The maximum atomic E-state index is 5.09. The molecule has 1 unspecified atom stereocenters. The molecule has 0 aromatic heterocycles. The zero-order valence-electron chi connectivity index (χ0n) is 7.97. The van der Waals surface area contributed by atoms with E-state index < -0.39 is 0 Å². The van der Waals surface area contributed by atoms with Crippen molar-refractivity contribution < 1.29 is 4.74 Å². The van der Waals surface area contributed by atoms with Crippen LogP contribution in [0, 0.1) is 0 Å². The van der Waals surface area contributed by atoms with Crippen molar-refractivity contribution in [1.29, 1.82) is 0 Å². The average Bonchev–Trinajstić information content (AvgIpc) is 2.16. The smallest absolute Gasteiger partial charge is 0.0723 e. The second-order valence-electron chi connectivity index (χ2n) is 2.57. The number of benzene rings is 1. The Bertz CT molecular complexity index is 297. The summed E-state index contributed by atoms with van der Waals surface area (Å²) in [5.74, 6) is 0. The Morgan fingerprint density at radius 1 is 1.43 bits per heavy atom. The molecular weight excluding hydrogens is 374 g/mol. The highest BCUT2D eigenvalue weighted by Crippen LogP contribution is 2.19. The maximum absolute atomic E-state index is 5.09. The molecule has 1 aromatic rings. The third-order valence-electron chi connectivity index (χ3n) is 1.65. The number of rotatable bonds is 3. The lowest BCUT2D eigenvalue weighted by atomic mass is 10.1. The summed E-state index contributed by atoms with van der Waals surface area (Å²) < 4.78 is 8.24. The van der Waals surface area contributed by atoms with Gasteiger partial charge in [-0.2, -0.15) is 9.90 Å². The highest BCUT2D eigenvalue weighted by atomic mass is 127. The minimum absolute atomic E-state index is 0. The average molecular weight is 387 g/mol. The lowest BCUT2D eigenvalue weighted by Crippen LogP contribution is -1.92. The van der Waals surface area contributed by atoms with Crippen molar-refractivity contribution in [2.45, 2.75) is 0 Å². The monoisotopic (exact) mass is 386 g/mol. The number of hydrogen-bond donors (Lipinski definition) is 0. The molecule has 1 rings (SSSR count). The predicted molar refractivity (Wildman–Crippen MR) is 79.1 cm³/mol. The van der Waals surface area contributed by atoms with Crippen molar-refractivity contribution in [2.24, 2.45) is 0 Å². The Kier molecular flexibility index (Phi) is 8.11. The lowest BCUT2D eigenvalue weighted by molar-refractivity contribution is 0.240. The number of hydrogen-bond acceptors (Lipinski definition) is 1. The number of halogens is 2. The fourth-order valence-corrected chi connectivity index (χ4v) is 1.80. The standard InChI is InChI=1S/C10H10BrIO.H3P/c1-13-7-9(6-12)8-2-4-10(11)5-3-8;/h2-6H,7H2,1H3;1H3/b9-6+;. The van der Waals surface area contributed by atoms with Crippen LogP contribution in [0.25, 0.3) is 5.57 Å². The first-order valence-electron chi connectivity index (χ1n) is 3.82. The fraction of sp³-hybridized carbons (Fsp3) is 0.200. The highest BCUT2D eigenvalue weighted by molar-refractivity contribution is 14.1. The van der Waals surface area contributed by atoms with E-state index in [0.717, 1.165) is 4.47 Å². The SMILES string of the molecule is COC/C(=C\I)c1ccc(Br)cc1.P. The zero-order chi connectivity index (χ0) is 9.68. The first kappa shape index (κ1) is 14.6. The zero-order valence-corrected chi connectivity index (χ0v) is 13.1. The van der Waals surface area contributed by atoms with Gasteiger partial charge in [-0.25, -0.2) is 0 Å². The van der Waals surface area contributed by atoms with Crippen molar-refractivity contribution in [2.75, 3.05) is 13.7 Å². The molecular formula is C10H13BrIOP. The van der Waals surface area contributed by atoms with Crippen molar-refractivity contribution in [3.63, 3.8) is 0 Å². The quantitative estimate of drug-likeness (QED) is 0.565.